The lowest BCUT2D eigenvalue weighted by Crippen LogP contribution is -2.57. The first-order valence-corrected chi connectivity index (χ1v) is 12.3. The monoisotopic (exact) mass is 545 g/mol. The number of aromatic hydroxyl groups is 1. The van der Waals surface area contributed by atoms with E-state index in [1.165, 1.54) is 9.47 Å². The molecule has 1 saturated carbocycles. The van der Waals surface area contributed by atoms with E-state index in [4.69, 9.17) is 9.29 Å². The number of hydrogen-bond donors (Lipinski definition) is 3. The van der Waals surface area contributed by atoms with Gasteiger partial charge in [0.25, 0.3) is 11.8 Å². The van der Waals surface area contributed by atoms with Gasteiger partial charge in [0.1, 0.15) is 11.4 Å². The minimum Gasteiger partial charge on any atom is -0.503 e. The van der Waals surface area contributed by atoms with Crippen molar-refractivity contribution in [2.45, 2.75) is 50.7 Å². The molecule has 3 aliphatic rings. The second-order valence-corrected chi connectivity index (χ2v) is 9.79. The van der Waals surface area contributed by atoms with Crippen molar-refractivity contribution >= 4 is 22.2 Å². The first-order valence-electron chi connectivity index (χ1n) is 10.9. The molecule has 2 bridgehead atoms. The number of aromatic nitrogens is 1. The predicted molar refractivity (Wildman–Crippen MR) is 114 cm³/mol. The third kappa shape index (κ3) is 4.30. The summed E-state index contributed by atoms with van der Waals surface area (Å²) < 4.78 is 83.7. The summed E-state index contributed by atoms with van der Waals surface area (Å²) in [5.74, 6) is -9.64. The van der Waals surface area contributed by atoms with Gasteiger partial charge in [0.15, 0.2) is 29.3 Å². The number of pyridine rings is 1. The summed E-state index contributed by atoms with van der Waals surface area (Å²) in [6, 6.07) is -0.0306. The Labute approximate surface area is 206 Å². The molecule has 12 nitrogen and oxygen atoms in total. The van der Waals surface area contributed by atoms with Gasteiger partial charge in [-0.1, -0.05) is 0 Å². The number of fused-ring (bicyclic) bond motifs is 5. The first kappa shape index (κ1) is 25.0. The van der Waals surface area contributed by atoms with Crippen molar-refractivity contribution in [1.82, 2.24) is 14.8 Å². The zero-order valence-corrected chi connectivity index (χ0v) is 19.4. The molecule has 198 valence electrons. The maximum absolute atomic E-state index is 14.5. The Morgan fingerprint density at radius 1 is 1.22 bits per heavy atom. The number of carbonyl (C=O) groups excluding carboxylic acids is 2. The van der Waals surface area contributed by atoms with Crippen LogP contribution < -0.4 is 14.9 Å². The molecule has 5 rings (SSSR count). The molecule has 1 aromatic heterocycles. The summed E-state index contributed by atoms with van der Waals surface area (Å²) in [5.41, 5.74) is -3.26. The van der Waals surface area contributed by atoms with Crippen molar-refractivity contribution in [3.05, 3.63) is 56.8 Å². The van der Waals surface area contributed by atoms with Crippen LogP contribution in [0.4, 0.5) is 13.2 Å². The Balaban J connectivity index is 1.43. The molecule has 2 aliphatic heterocycles. The minimum atomic E-state index is -5.36. The fourth-order valence-electron chi connectivity index (χ4n) is 4.93. The Morgan fingerprint density at radius 3 is 2.65 bits per heavy atom. The van der Waals surface area contributed by atoms with E-state index in [1.807, 2.05) is 5.32 Å². The first-order chi connectivity index (χ1) is 17.4. The SMILES string of the molecule is O=C(NCc1c(F)cc(F)c(OS(=O)(=O)O)c1F)c1cn2c(c(O)c1=O)C(=O)N1[C@H]3CC[C@H](C3)O[C@@H]1C2. The van der Waals surface area contributed by atoms with Gasteiger partial charge in [-0.05, 0) is 19.3 Å². The normalized spacial score (nSPS) is 22.4. The van der Waals surface area contributed by atoms with Gasteiger partial charge in [0.2, 0.25) is 11.2 Å². The van der Waals surface area contributed by atoms with Gasteiger partial charge in [-0.2, -0.15) is 8.42 Å². The maximum atomic E-state index is 14.5. The van der Waals surface area contributed by atoms with Crippen LogP contribution in [0.5, 0.6) is 11.5 Å². The highest BCUT2D eigenvalue weighted by Crippen LogP contribution is 2.38. The third-order valence-electron chi connectivity index (χ3n) is 6.54. The number of hydrogen-bond acceptors (Lipinski definition) is 8. The van der Waals surface area contributed by atoms with Crippen molar-refractivity contribution in [3.8, 4) is 11.5 Å². The van der Waals surface area contributed by atoms with Crippen molar-refractivity contribution in [2.75, 3.05) is 0 Å². The molecule has 2 amide bonds. The van der Waals surface area contributed by atoms with Crippen molar-refractivity contribution in [1.29, 1.82) is 0 Å². The van der Waals surface area contributed by atoms with Crippen LogP contribution in [0.1, 0.15) is 45.7 Å². The number of nitrogens with one attached hydrogen (secondary N) is 1. The molecule has 2 aromatic rings. The standard InChI is InChI=1S/C21H18F3N3O9S/c22-12-4-13(23)19(36-37(32,33)34)15(24)10(12)5-25-20(30)11-6-26-7-14-27(8-1-2-9(3-8)35-14)21(31)16(26)18(29)17(11)28/h4,6,8-9,14,29H,1-3,5,7H2,(H,25,30)(H,32,33,34)/t8-,9+,14+/m0/s1. The largest absolute Gasteiger partial charge is 0.503 e. The van der Waals surface area contributed by atoms with E-state index in [2.05, 4.69) is 4.18 Å². The van der Waals surface area contributed by atoms with Gasteiger partial charge < -0.3 is 28.8 Å². The maximum Gasteiger partial charge on any atom is 0.446 e. The van der Waals surface area contributed by atoms with Gasteiger partial charge in [-0.3, -0.25) is 18.9 Å². The van der Waals surface area contributed by atoms with E-state index in [0.29, 0.717) is 12.8 Å². The number of ether oxygens (including phenoxy) is 1. The Morgan fingerprint density at radius 2 is 1.95 bits per heavy atom. The lowest BCUT2D eigenvalue weighted by Gasteiger charge is -2.44. The topological polar surface area (TPSA) is 164 Å². The fraction of sp³-hybridized carbons (Fsp3) is 0.381. The van der Waals surface area contributed by atoms with Crippen LogP contribution in [0.3, 0.4) is 0 Å². The zero-order chi connectivity index (χ0) is 26.8. The van der Waals surface area contributed by atoms with E-state index in [-0.39, 0.29) is 30.5 Å². The highest BCUT2D eigenvalue weighted by atomic mass is 32.3. The predicted octanol–water partition coefficient (Wildman–Crippen LogP) is 0.816. The van der Waals surface area contributed by atoms with Crippen LogP contribution in [-0.4, -0.2) is 57.7 Å². The van der Waals surface area contributed by atoms with Gasteiger partial charge in [-0.15, -0.1) is 0 Å². The Bertz CT molecular complexity index is 1510. The number of benzene rings is 1. The van der Waals surface area contributed by atoms with Crippen molar-refractivity contribution in [3.63, 3.8) is 0 Å². The Kier molecular flexibility index (Phi) is 5.91. The van der Waals surface area contributed by atoms with Gasteiger partial charge in [0.05, 0.1) is 12.6 Å². The van der Waals surface area contributed by atoms with E-state index < -0.39 is 80.5 Å². The molecule has 3 atom stereocenters. The summed E-state index contributed by atoms with van der Waals surface area (Å²) in [5, 5.41) is 12.5. The highest BCUT2D eigenvalue weighted by molar-refractivity contribution is 7.81. The van der Waals surface area contributed by atoms with Crippen molar-refractivity contribution in [2.24, 2.45) is 0 Å². The molecule has 37 heavy (non-hydrogen) atoms. The molecule has 1 saturated heterocycles. The van der Waals surface area contributed by atoms with Crippen LogP contribution in [0, 0.1) is 17.5 Å². The van der Waals surface area contributed by atoms with Gasteiger partial charge >= 0.3 is 10.4 Å². The summed E-state index contributed by atoms with van der Waals surface area (Å²) >= 11 is 0. The van der Waals surface area contributed by atoms with Gasteiger partial charge in [0, 0.05) is 30.4 Å². The fourth-order valence-corrected chi connectivity index (χ4v) is 5.30. The number of rotatable bonds is 5. The van der Waals surface area contributed by atoms with E-state index in [9.17, 15) is 41.1 Å². The van der Waals surface area contributed by atoms with Crippen molar-refractivity contribution < 1.29 is 49.8 Å². The van der Waals surface area contributed by atoms with Crippen LogP contribution in [-0.2, 0) is 28.2 Å². The number of carbonyl (C=O) groups is 2. The molecular formula is C21H18F3N3O9S. The molecular weight excluding hydrogens is 527 g/mol. The van der Waals surface area contributed by atoms with E-state index >= 15 is 0 Å². The summed E-state index contributed by atoms with van der Waals surface area (Å²) in [6.07, 6.45) is 2.41. The molecule has 1 aromatic carbocycles. The molecule has 0 unspecified atom stereocenters. The molecule has 3 heterocycles. The molecule has 0 spiro atoms. The summed E-state index contributed by atoms with van der Waals surface area (Å²) in [4.78, 5) is 40.0. The lowest BCUT2D eigenvalue weighted by atomic mass is 10.1. The number of nitrogens with zero attached hydrogens (tertiary/aromatic N) is 2. The lowest BCUT2D eigenvalue weighted by molar-refractivity contribution is -0.132. The minimum absolute atomic E-state index is 0.0136. The van der Waals surface area contributed by atoms with E-state index in [1.54, 1.807) is 0 Å². The highest BCUT2D eigenvalue weighted by Gasteiger charge is 2.47. The van der Waals surface area contributed by atoms with Crippen LogP contribution >= 0.6 is 0 Å². The smallest absolute Gasteiger partial charge is 0.446 e. The zero-order valence-electron chi connectivity index (χ0n) is 18.6. The molecule has 1 aliphatic carbocycles. The average molecular weight is 545 g/mol. The summed E-state index contributed by atoms with van der Waals surface area (Å²) in [6.45, 7) is -0.998. The second kappa shape index (κ2) is 8.74. The molecule has 3 N–H and O–H groups in total. The third-order valence-corrected chi connectivity index (χ3v) is 6.92. The van der Waals surface area contributed by atoms with Gasteiger partial charge in [-0.25, -0.2) is 13.2 Å². The molecule has 2 fully saturated rings. The van der Waals surface area contributed by atoms with E-state index in [0.717, 1.165) is 12.6 Å². The number of halogens is 3. The van der Waals surface area contributed by atoms with Crippen LogP contribution in [0.25, 0.3) is 0 Å². The molecule has 0 radical (unpaired) electrons. The average Bonchev–Trinajstić information content (AvgIpc) is 3.18. The number of amides is 2. The quantitative estimate of drug-likeness (QED) is 0.461. The Hall–Kier alpha value is -3.63. The summed E-state index contributed by atoms with van der Waals surface area (Å²) in [7, 11) is -5.36. The van der Waals surface area contributed by atoms with Crippen LogP contribution in [0.15, 0.2) is 17.1 Å². The second-order valence-electron chi connectivity index (χ2n) is 8.77. The van der Waals surface area contributed by atoms with Crippen LogP contribution in [0.2, 0.25) is 0 Å². The molecule has 16 heteroatoms.